The van der Waals surface area contributed by atoms with Crippen molar-refractivity contribution < 1.29 is 33.4 Å². The van der Waals surface area contributed by atoms with Crippen molar-refractivity contribution in [3.63, 3.8) is 0 Å². The van der Waals surface area contributed by atoms with Gasteiger partial charge in [0.2, 0.25) is 0 Å². The Morgan fingerprint density at radius 3 is 2.59 bits per heavy atom. The lowest BCUT2D eigenvalue weighted by Crippen LogP contribution is -2.76. The molecular formula is C19H25N5O7S. The summed E-state index contributed by atoms with van der Waals surface area (Å²) in [6.45, 7) is 4.61. The van der Waals surface area contributed by atoms with Gasteiger partial charge >= 0.3 is 5.97 Å². The molecule has 0 aliphatic carbocycles. The molecule has 1 aromatic rings. The Labute approximate surface area is 184 Å². The van der Waals surface area contributed by atoms with Gasteiger partial charge < -0.3 is 30.9 Å². The van der Waals surface area contributed by atoms with E-state index in [0.29, 0.717) is 0 Å². The second-order valence-electron chi connectivity index (χ2n) is 8.29. The number of benzene rings is 1. The second-order valence-corrected chi connectivity index (χ2v) is 10.3. The van der Waals surface area contributed by atoms with Crippen LogP contribution in [0.3, 0.4) is 0 Å². The molecule has 5 atom stereocenters. The van der Waals surface area contributed by atoms with E-state index in [2.05, 4.69) is 16.9 Å². The van der Waals surface area contributed by atoms with Crippen molar-refractivity contribution in [3.05, 3.63) is 42.2 Å². The molecule has 3 heterocycles. The number of rotatable bonds is 4. The van der Waals surface area contributed by atoms with Crippen LogP contribution in [0.2, 0.25) is 0 Å². The molecule has 174 valence electrons. The van der Waals surface area contributed by atoms with Crippen LogP contribution < -0.4 is 11.1 Å². The van der Waals surface area contributed by atoms with Gasteiger partial charge in [-0.1, -0.05) is 6.58 Å². The summed E-state index contributed by atoms with van der Waals surface area (Å²) < 4.78 is 28.8. The summed E-state index contributed by atoms with van der Waals surface area (Å²) in [4.78, 5) is 18.5. The van der Waals surface area contributed by atoms with Gasteiger partial charge in [-0.3, -0.25) is 5.21 Å². The zero-order valence-corrected chi connectivity index (χ0v) is 18.3. The fourth-order valence-electron chi connectivity index (χ4n) is 4.76. The van der Waals surface area contributed by atoms with Gasteiger partial charge in [0.15, 0.2) is 27.6 Å². The predicted molar refractivity (Wildman–Crippen MR) is 111 cm³/mol. The molecule has 0 saturated carbocycles. The van der Waals surface area contributed by atoms with Gasteiger partial charge in [-0.05, 0) is 31.2 Å². The highest BCUT2D eigenvalue weighted by Gasteiger charge is 2.75. The van der Waals surface area contributed by atoms with Gasteiger partial charge in [-0.15, -0.1) is 0 Å². The summed E-state index contributed by atoms with van der Waals surface area (Å²) in [5.74, 6) is -0.786. The predicted octanol–water partition coefficient (Wildman–Crippen LogP) is -1.80. The molecule has 4 rings (SSSR count). The number of nitrogens with zero attached hydrogens (tertiary/aromatic N) is 3. The largest absolute Gasteiger partial charge is 0.454 e. The number of carbonyl (C=O) groups excluding carboxylic acids is 1. The van der Waals surface area contributed by atoms with Crippen LogP contribution in [0.5, 0.6) is 0 Å². The summed E-state index contributed by atoms with van der Waals surface area (Å²) in [7, 11) is -3.43. The van der Waals surface area contributed by atoms with Crippen LogP contribution in [0, 0.1) is 0 Å². The average Bonchev–Trinajstić information content (AvgIpc) is 3.13. The van der Waals surface area contributed by atoms with E-state index in [4.69, 9.17) is 10.5 Å². The average molecular weight is 468 g/mol. The molecule has 0 aromatic heterocycles. The number of guanidine groups is 1. The Morgan fingerprint density at radius 2 is 2.03 bits per heavy atom. The topological polar surface area (TPSA) is 178 Å². The van der Waals surface area contributed by atoms with Crippen molar-refractivity contribution in [1.82, 2.24) is 15.3 Å². The van der Waals surface area contributed by atoms with E-state index >= 15 is 0 Å². The maximum Gasteiger partial charge on any atom is 0.338 e. The molecule has 1 aromatic carbocycles. The normalized spacial score (nSPS) is 34.0. The number of nitrogens with one attached hydrogen (secondary N) is 1. The lowest BCUT2D eigenvalue weighted by Gasteiger charge is -2.51. The monoisotopic (exact) mass is 467 g/mol. The number of hydroxylamine groups is 2. The van der Waals surface area contributed by atoms with Crippen molar-refractivity contribution in [2.75, 3.05) is 19.4 Å². The molecule has 1 spiro atoms. The van der Waals surface area contributed by atoms with Crippen LogP contribution in [0.15, 0.2) is 46.6 Å². The molecule has 6 N–H and O–H groups in total. The smallest absolute Gasteiger partial charge is 0.338 e. The van der Waals surface area contributed by atoms with Gasteiger partial charge in [-0.25, -0.2) is 23.3 Å². The number of aliphatic imine (C=N–C) groups is 1. The number of carbonyl (C=O) groups is 1. The molecule has 2 saturated heterocycles. The van der Waals surface area contributed by atoms with Crippen LogP contribution >= 0.6 is 0 Å². The first-order chi connectivity index (χ1) is 14.9. The molecule has 0 bridgehead atoms. The van der Waals surface area contributed by atoms with E-state index in [1.165, 1.54) is 36.1 Å². The van der Waals surface area contributed by atoms with Crippen LogP contribution in [0.4, 0.5) is 0 Å². The lowest BCUT2D eigenvalue weighted by atomic mass is 9.79. The van der Waals surface area contributed by atoms with Crippen molar-refractivity contribution >= 4 is 21.8 Å². The SMILES string of the molecule is C=C1NC2[C@H](CO)N=C(N)N3C[C@H](OC(=O)c4ccc(S(C)(=O)=O)cc4)[C@](C)(O)C23N1O. The molecule has 2 unspecified atom stereocenters. The van der Waals surface area contributed by atoms with E-state index in [-0.39, 0.29) is 28.8 Å². The third-order valence-corrected chi connectivity index (χ3v) is 7.51. The molecule has 3 aliphatic rings. The molecule has 13 heteroatoms. The standard InChI is InChI=1S/C19H25N5O7S/c1-10-21-15-13(9-25)22-17(20)23-8-14(18(2,27)19(15,23)24(10)28)31-16(26)11-4-6-12(7-5-11)32(3,29)30/h4-7,13-15,21,25,27-28H,1,8-9H2,2-3H3,(H2,20,22)/t13-,14-,15?,18-,19?/m0/s1. The molecular weight excluding hydrogens is 442 g/mol. The summed E-state index contributed by atoms with van der Waals surface area (Å²) in [5, 5.41) is 35.9. The number of aliphatic hydroxyl groups is 2. The number of hydrogen-bond acceptors (Lipinski definition) is 12. The van der Waals surface area contributed by atoms with Crippen molar-refractivity contribution in [1.29, 1.82) is 0 Å². The highest BCUT2D eigenvalue weighted by molar-refractivity contribution is 7.90. The second kappa shape index (κ2) is 7.07. The highest BCUT2D eigenvalue weighted by atomic mass is 32.2. The number of nitrogens with two attached hydrogens (primary N) is 1. The number of esters is 1. The molecule has 12 nitrogen and oxygen atoms in total. The van der Waals surface area contributed by atoms with Gasteiger partial charge in [-0.2, -0.15) is 0 Å². The molecule has 0 radical (unpaired) electrons. The minimum Gasteiger partial charge on any atom is -0.454 e. The minimum atomic E-state index is -3.43. The maximum absolute atomic E-state index is 12.8. The summed E-state index contributed by atoms with van der Waals surface area (Å²) in [6.07, 6.45) is -0.113. The van der Waals surface area contributed by atoms with Gasteiger partial charge in [0.1, 0.15) is 17.5 Å². The van der Waals surface area contributed by atoms with E-state index in [9.17, 15) is 28.6 Å². The zero-order valence-electron chi connectivity index (χ0n) is 17.5. The number of aliphatic hydroxyl groups excluding tert-OH is 1. The first kappa shape index (κ1) is 22.3. The number of hydrogen-bond donors (Lipinski definition) is 5. The Hall–Kier alpha value is -2.87. The third kappa shape index (κ3) is 2.88. The molecule has 0 amide bonds. The first-order valence-corrected chi connectivity index (χ1v) is 11.6. The summed E-state index contributed by atoms with van der Waals surface area (Å²) in [6, 6.07) is 3.58. The van der Waals surface area contributed by atoms with Crippen LogP contribution in [-0.4, -0.2) is 94.6 Å². The zero-order chi connectivity index (χ0) is 23.6. The molecule has 2 fully saturated rings. The Morgan fingerprint density at radius 1 is 1.41 bits per heavy atom. The van der Waals surface area contributed by atoms with Crippen LogP contribution in [0.1, 0.15) is 17.3 Å². The third-order valence-electron chi connectivity index (χ3n) is 6.38. The number of sulfone groups is 1. The Kier molecular flexibility index (Phi) is 4.93. The number of ether oxygens (including phenoxy) is 1. The van der Waals surface area contributed by atoms with Crippen molar-refractivity contribution in [2.45, 2.75) is 41.3 Å². The summed E-state index contributed by atoms with van der Waals surface area (Å²) >= 11 is 0. The minimum absolute atomic E-state index is 0.0475. The fourth-order valence-corrected chi connectivity index (χ4v) is 5.39. The highest BCUT2D eigenvalue weighted by Crippen LogP contribution is 2.50. The lowest BCUT2D eigenvalue weighted by molar-refractivity contribution is -0.239. The van der Waals surface area contributed by atoms with E-state index < -0.39 is 51.9 Å². The Bertz CT molecular complexity index is 1100. The summed E-state index contributed by atoms with van der Waals surface area (Å²) in [5.41, 5.74) is 2.63. The molecule has 3 aliphatic heterocycles. The van der Waals surface area contributed by atoms with Crippen molar-refractivity contribution in [2.24, 2.45) is 10.7 Å². The van der Waals surface area contributed by atoms with Crippen molar-refractivity contribution in [3.8, 4) is 0 Å². The fraction of sp³-hybridized carbons (Fsp3) is 0.474. The van der Waals surface area contributed by atoms with Crippen LogP contribution in [0.25, 0.3) is 0 Å². The molecule has 32 heavy (non-hydrogen) atoms. The Balaban J connectivity index is 1.68. The first-order valence-electron chi connectivity index (χ1n) is 9.75. The van der Waals surface area contributed by atoms with Crippen LogP contribution in [-0.2, 0) is 14.6 Å². The van der Waals surface area contributed by atoms with E-state index in [1.807, 2.05) is 0 Å². The maximum atomic E-state index is 12.8. The van der Waals surface area contributed by atoms with Gasteiger partial charge in [0.05, 0.1) is 29.7 Å². The van der Waals surface area contributed by atoms with Gasteiger partial charge in [0.25, 0.3) is 0 Å². The quantitative estimate of drug-likeness (QED) is 0.316. The van der Waals surface area contributed by atoms with E-state index in [0.717, 1.165) is 11.3 Å². The van der Waals surface area contributed by atoms with Gasteiger partial charge in [0, 0.05) is 6.26 Å². The van der Waals surface area contributed by atoms with E-state index in [1.54, 1.807) is 0 Å².